The number of aromatic nitrogens is 1. The first kappa shape index (κ1) is 18.6. The summed E-state index contributed by atoms with van der Waals surface area (Å²) in [6.45, 7) is 2.88. The van der Waals surface area contributed by atoms with Crippen molar-refractivity contribution in [1.29, 1.82) is 0 Å². The summed E-state index contributed by atoms with van der Waals surface area (Å²) < 4.78 is 54.6. The summed E-state index contributed by atoms with van der Waals surface area (Å²) in [5.41, 5.74) is 0.622. The fourth-order valence-corrected chi connectivity index (χ4v) is 3.32. The third-order valence-electron chi connectivity index (χ3n) is 4.66. The van der Waals surface area contributed by atoms with Gasteiger partial charge in [-0.25, -0.2) is 0 Å². The van der Waals surface area contributed by atoms with Crippen molar-refractivity contribution in [2.24, 2.45) is 0 Å². The van der Waals surface area contributed by atoms with Crippen LogP contribution in [0.4, 0.5) is 23.2 Å². The van der Waals surface area contributed by atoms with Gasteiger partial charge in [-0.05, 0) is 37.9 Å². The van der Waals surface area contributed by atoms with Crippen molar-refractivity contribution in [3.63, 3.8) is 0 Å². The minimum atomic E-state index is -1.61. The van der Waals surface area contributed by atoms with Gasteiger partial charge >= 0.3 is 0 Å². The van der Waals surface area contributed by atoms with Gasteiger partial charge in [0.25, 0.3) is 11.9 Å². The Labute approximate surface area is 150 Å². The van der Waals surface area contributed by atoms with E-state index in [1.165, 1.54) is 10.5 Å². The fraction of sp³-hybridized carbons (Fsp3) is 0.421. The first-order valence-corrected chi connectivity index (χ1v) is 8.77. The smallest absolute Gasteiger partial charge is 0.253 e. The lowest BCUT2D eigenvalue weighted by atomic mass is 10.1. The van der Waals surface area contributed by atoms with Gasteiger partial charge in [0.15, 0.2) is 0 Å². The molecular weight excluding hydrogens is 346 g/mol. The molecule has 1 aromatic carbocycles. The Hall–Kier alpha value is -2.15. The Kier molecular flexibility index (Phi) is 6.08. The maximum atomic E-state index is 13.9. The molecule has 3 nitrogen and oxygen atoms in total. The van der Waals surface area contributed by atoms with Gasteiger partial charge in [0.2, 0.25) is 11.6 Å². The molecule has 0 spiro atoms. The molecule has 0 amide bonds. The third-order valence-corrected chi connectivity index (χ3v) is 4.66. The van der Waals surface area contributed by atoms with Crippen LogP contribution in [0.25, 0.3) is 0 Å². The van der Waals surface area contributed by atoms with Crippen molar-refractivity contribution < 1.29 is 17.6 Å². The van der Waals surface area contributed by atoms with E-state index in [0.29, 0.717) is 26.1 Å². The van der Waals surface area contributed by atoms with Crippen LogP contribution in [-0.4, -0.2) is 42.6 Å². The fourth-order valence-electron chi connectivity index (χ4n) is 3.32. The topological polar surface area (TPSA) is 19.4 Å². The number of hydrogen-bond donors (Lipinski definition) is 0. The van der Waals surface area contributed by atoms with Gasteiger partial charge in [-0.15, -0.1) is 0 Å². The Balaban J connectivity index is 1.59. The van der Waals surface area contributed by atoms with E-state index in [1.807, 2.05) is 18.2 Å². The third kappa shape index (κ3) is 4.33. The average molecular weight is 367 g/mol. The number of hydrogen-bond acceptors (Lipinski definition) is 3. The van der Waals surface area contributed by atoms with Crippen LogP contribution in [0.3, 0.4) is 0 Å². The maximum absolute atomic E-state index is 13.9. The molecule has 0 N–H and O–H groups in total. The highest BCUT2D eigenvalue weighted by Gasteiger charge is 2.26. The standard InChI is InChI=1S/C19H21F4N3/c20-15-17(16(21)19(23)24-18(15)22)26-11-5-10-25(12-13-26)9-4-8-14-6-2-1-3-7-14/h1-3,6-7H,4-5,8-13H2. The van der Waals surface area contributed by atoms with Gasteiger partial charge < -0.3 is 9.80 Å². The molecule has 1 fully saturated rings. The summed E-state index contributed by atoms with van der Waals surface area (Å²) in [6, 6.07) is 10.2. The molecular formula is C19H21F4N3. The molecule has 0 atom stereocenters. The first-order chi connectivity index (χ1) is 12.6. The number of halogens is 4. The van der Waals surface area contributed by atoms with Crippen molar-refractivity contribution in [3.05, 3.63) is 59.4 Å². The quantitative estimate of drug-likeness (QED) is 0.592. The molecule has 7 heteroatoms. The molecule has 1 aliphatic rings. The zero-order chi connectivity index (χ0) is 18.5. The Morgan fingerprint density at radius 2 is 1.54 bits per heavy atom. The predicted octanol–water partition coefficient (Wildman–Crippen LogP) is 3.78. The minimum absolute atomic E-state index is 0.308. The van der Waals surface area contributed by atoms with Crippen LogP contribution in [0.5, 0.6) is 0 Å². The molecule has 140 valence electrons. The second-order valence-corrected chi connectivity index (χ2v) is 6.44. The summed E-state index contributed by atoms with van der Waals surface area (Å²) in [5.74, 6) is -6.08. The number of nitrogens with zero attached hydrogens (tertiary/aromatic N) is 3. The van der Waals surface area contributed by atoms with Crippen LogP contribution in [0.1, 0.15) is 18.4 Å². The first-order valence-electron chi connectivity index (χ1n) is 8.77. The molecule has 3 rings (SSSR count). The van der Waals surface area contributed by atoms with E-state index in [9.17, 15) is 17.6 Å². The van der Waals surface area contributed by atoms with E-state index < -0.39 is 29.2 Å². The maximum Gasteiger partial charge on any atom is 0.253 e. The zero-order valence-electron chi connectivity index (χ0n) is 14.4. The minimum Gasteiger partial charge on any atom is -0.365 e. The van der Waals surface area contributed by atoms with Crippen molar-refractivity contribution >= 4 is 5.69 Å². The molecule has 0 radical (unpaired) electrons. The molecule has 1 saturated heterocycles. The number of anilines is 1. The lowest BCUT2D eigenvalue weighted by Crippen LogP contribution is -2.33. The van der Waals surface area contributed by atoms with E-state index in [-0.39, 0.29) is 0 Å². The molecule has 1 aromatic heterocycles. The molecule has 0 bridgehead atoms. The van der Waals surface area contributed by atoms with Crippen LogP contribution in [-0.2, 0) is 6.42 Å². The summed E-state index contributed by atoms with van der Waals surface area (Å²) in [4.78, 5) is 6.20. The van der Waals surface area contributed by atoms with E-state index in [0.717, 1.165) is 25.9 Å². The molecule has 2 heterocycles. The van der Waals surface area contributed by atoms with Gasteiger partial charge in [-0.3, -0.25) is 0 Å². The van der Waals surface area contributed by atoms with Crippen LogP contribution in [0.2, 0.25) is 0 Å². The highest BCUT2D eigenvalue weighted by molar-refractivity contribution is 5.48. The number of pyridine rings is 1. The monoisotopic (exact) mass is 367 g/mol. The molecule has 0 aliphatic carbocycles. The Morgan fingerprint density at radius 3 is 2.23 bits per heavy atom. The SMILES string of the molecule is Fc1nc(F)c(F)c(N2CCCN(CCCc3ccccc3)CC2)c1F. The zero-order valence-corrected chi connectivity index (χ0v) is 14.4. The van der Waals surface area contributed by atoms with Crippen molar-refractivity contribution in [1.82, 2.24) is 9.88 Å². The van der Waals surface area contributed by atoms with Crippen LogP contribution >= 0.6 is 0 Å². The number of aryl methyl sites for hydroxylation is 1. The van der Waals surface area contributed by atoms with E-state index in [4.69, 9.17) is 0 Å². The van der Waals surface area contributed by atoms with Gasteiger partial charge in [0.05, 0.1) is 0 Å². The predicted molar refractivity (Wildman–Crippen MR) is 92.1 cm³/mol. The Bertz CT molecular complexity index is 713. The van der Waals surface area contributed by atoms with Gasteiger partial charge in [-0.1, -0.05) is 30.3 Å². The van der Waals surface area contributed by atoms with E-state index in [2.05, 4.69) is 22.0 Å². The molecule has 0 unspecified atom stereocenters. The molecule has 26 heavy (non-hydrogen) atoms. The normalized spacial score (nSPS) is 15.9. The van der Waals surface area contributed by atoms with Crippen LogP contribution < -0.4 is 4.90 Å². The summed E-state index contributed by atoms with van der Waals surface area (Å²) in [6.07, 6.45) is 2.60. The largest absolute Gasteiger partial charge is 0.365 e. The Morgan fingerprint density at radius 1 is 0.846 bits per heavy atom. The summed E-state index contributed by atoms with van der Waals surface area (Å²) >= 11 is 0. The van der Waals surface area contributed by atoms with Crippen molar-refractivity contribution in [3.8, 4) is 0 Å². The molecule has 1 aliphatic heterocycles. The summed E-state index contributed by atoms with van der Waals surface area (Å²) in [5, 5.41) is 0. The second kappa shape index (κ2) is 8.49. The van der Waals surface area contributed by atoms with Crippen LogP contribution in [0, 0.1) is 23.5 Å². The summed E-state index contributed by atoms with van der Waals surface area (Å²) in [7, 11) is 0. The number of benzene rings is 1. The van der Waals surface area contributed by atoms with E-state index in [1.54, 1.807) is 0 Å². The van der Waals surface area contributed by atoms with Gasteiger partial charge in [0, 0.05) is 19.6 Å². The van der Waals surface area contributed by atoms with Crippen molar-refractivity contribution in [2.45, 2.75) is 19.3 Å². The average Bonchev–Trinajstić information content (AvgIpc) is 2.87. The van der Waals surface area contributed by atoms with Gasteiger partial charge in [0.1, 0.15) is 5.69 Å². The van der Waals surface area contributed by atoms with Crippen molar-refractivity contribution in [2.75, 3.05) is 37.6 Å². The highest BCUT2D eigenvalue weighted by Crippen LogP contribution is 2.27. The van der Waals surface area contributed by atoms with Gasteiger partial charge in [-0.2, -0.15) is 22.5 Å². The van der Waals surface area contributed by atoms with E-state index >= 15 is 0 Å². The number of rotatable bonds is 5. The lowest BCUT2D eigenvalue weighted by Gasteiger charge is -2.24. The molecule has 0 saturated carbocycles. The lowest BCUT2D eigenvalue weighted by molar-refractivity contribution is 0.290. The molecule has 2 aromatic rings. The highest BCUT2D eigenvalue weighted by atomic mass is 19.2. The second-order valence-electron chi connectivity index (χ2n) is 6.44. The van der Waals surface area contributed by atoms with Crippen LogP contribution in [0.15, 0.2) is 30.3 Å².